The van der Waals surface area contributed by atoms with Crippen LogP contribution in [0.1, 0.15) is 15.9 Å². The van der Waals surface area contributed by atoms with Crippen molar-refractivity contribution in [3.05, 3.63) is 77.9 Å². The summed E-state index contributed by atoms with van der Waals surface area (Å²) in [6.45, 7) is 0.407. The summed E-state index contributed by atoms with van der Waals surface area (Å²) >= 11 is 0. The molecule has 4 nitrogen and oxygen atoms in total. The van der Waals surface area contributed by atoms with Crippen molar-refractivity contribution in [3.8, 4) is 5.75 Å². The molecule has 0 heterocycles. The van der Waals surface area contributed by atoms with Gasteiger partial charge in [-0.2, -0.15) is 0 Å². The Morgan fingerprint density at radius 1 is 1.00 bits per heavy atom. The van der Waals surface area contributed by atoms with Crippen LogP contribution in [0, 0.1) is 0 Å². The molecule has 0 aliphatic rings. The molecule has 126 valence electrons. The van der Waals surface area contributed by atoms with Gasteiger partial charge in [-0.1, -0.05) is 60.7 Å². The molecule has 0 unspecified atom stereocenters. The highest BCUT2D eigenvalue weighted by Gasteiger charge is 2.13. The first-order valence-electron chi connectivity index (χ1n) is 8.06. The third-order valence-electron chi connectivity index (χ3n) is 4.09. The number of hydrogen-bond donors (Lipinski definition) is 0. The van der Waals surface area contributed by atoms with Crippen LogP contribution in [0.25, 0.3) is 10.8 Å². The molecule has 3 aromatic carbocycles. The zero-order chi connectivity index (χ0) is 17.6. The second-order valence-electron chi connectivity index (χ2n) is 5.84. The van der Waals surface area contributed by atoms with E-state index in [-0.39, 0.29) is 12.5 Å². The van der Waals surface area contributed by atoms with Crippen LogP contribution in [0.2, 0.25) is 0 Å². The Morgan fingerprint density at radius 2 is 1.72 bits per heavy atom. The number of hydrogen-bond acceptors (Lipinski definition) is 3. The standard InChI is InChI=1S/C21H19NO3/c1-22(13-16-7-3-2-4-8-16)21(24)15-25-20-12-11-17-9-5-6-10-18(17)19(20)14-23/h2-12,14H,13,15H2,1H3. The average Bonchev–Trinajstić information content (AvgIpc) is 2.66. The summed E-state index contributed by atoms with van der Waals surface area (Å²) < 4.78 is 5.63. The lowest BCUT2D eigenvalue weighted by molar-refractivity contribution is -0.132. The third kappa shape index (κ3) is 3.86. The first-order valence-corrected chi connectivity index (χ1v) is 8.06. The van der Waals surface area contributed by atoms with Crippen LogP contribution >= 0.6 is 0 Å². The summed E-state index contributed by atoms with van der Waals surface area (Å²) in [5.41, 5.74) is 1.52. The zero-order valence-corrected chi connectivity index (χ0v) is 14.0. The van der Waals surface area contributed by atoms with Crippen molar-refractivity contribution in [1.82, 2.24) is 4.90 Å². The fourth-order valence-corrected chi connectivity index (χ4v) is 2.72. The summed E-state index contributed by atoms with van der Waals surface area (Å²) in [6.07, 6.45) is 0.774. The highest BCUT2D eigenvalue weighted by Crippen LogP contribution is 2.26. The Bertz CT molecular complexity index is 890. The molecule has 0 aromatic heterocycles. The van der Waals surface area contributed by atoms with Crippen LogP contribution in [-0.4, -0.2) is 30.7 Å². The van der Waals surface area contributed by atoms with Gasteiger partial charge >= 0.3 is 0 Å². The van der Waals surface area contributed by atoms with Crippen LogP contribution < -0.4 is 4.74 Å². The summed E-state index contributed by atoms with van der Waals surface area (Å²) in [7, 11) is 1.74. The Balaban J connectivity index is 1.69. The van der Waals surface area contributed by atoms with Gasteiger partial charge in [0, 0.05) is 13.6 Å². The van der Waals surface area contributed by atoms with Gasteiger partial charge in [-0.05, 0) is 22.4 Å². The van der Waals surface area contributed by atoms with E-state index in [1.165, 1.54) is 0 Å². The van der Waals surface area contributed by atoms with E-state index in [1.54, 1.807) is 18.0 Å². The summed E-state index contributed by atoms with van der Waals surface area (Å²) in [5, 5.41) is 1.78. The normalized spacial score (nSPS) is 10.4. The molecule has 25 heavy (non-hydrogen) atoms. The van der Waals surface area contributed by atoms with Crippen LogP contribution in [0.4, 0.5) is 0 Å². The van der Waals surface area contributed by atoms with Gasteiger partial charge in [0.25, 0.3) is 5.91 Å². The van der Waals surface area contributed by atoms with Crippen molar-refractivity contribution in [2.75, 3.05) is 13.7 Å². The molecule has 0 spiro atoms. The Hall–Kier alpha value is -3.14. The first kappa shape index (κ1) is 16.7. The second-order valence-corrected chi connectivity index (χ2v) is 5.84. The summed E-state index contributed by atoms with van der Waals surface area (Å²) in [4.78, 5) is 25.4. The molecule has 1 amide bonds. The van der Waals surface area contributed by atoms with Crippen molar-refractivity contribution >= 4 is 23.0 Å². The summed E-state index contributed by atoms with van der Waals surface area (Å²) in [5.74, 6) is 0.282. The van der Waals surface area contributed by atoms with Crippen molar-refractivity contribution in [3.63, 3.8) is 0 Å². The molecule has 0 N–H and O–H groups in total. The molecule has 0 saturated heterocycles. The molecule has 3 rings (SSSR count). The Kier molecular flexibility index (Phi) is 5.09. The number of carbonyl (C=O) groups excluding carboxylic acids is 2. The van der Waals surface area contributed by atoms with Gasteiger partial charge in [-0.15, -0.1) is 0 Å². The van der Waals surface area contributed by atoms with E-state index in [0.717, 1.165) is 22.6 Å². The van der Waals surface area contributed by atoms with Crippen LogP contribution in [0.3, 0.4) is 0 Å². The molecule has 0 aliphatic carbocycles. The number of likely N-dealkylation sites (N-methyl/N-ethyl adjacent to an activating group) is 1. The molecule has 0 fully saturated rings. The van der Waals surface area contributed by atoms with E-state index in [2.05, 4.69) is 0 Å². The average molecular weight is 333 g/mol. The van der Waals surface area contributed by atoms with Gasteiger partial charge in [-0.25, -0.2) is 0 Å². The first-order chi connectivity index (χ1) is 12.2. The van der Waals surface area contributed by atoms with Crippen LogP contribution in [0.15, 0.2) is 66.7 Å². The van der Waals surface area contributed by atoms with Crippen molar-refractivity contribution < 1.29 is 14.3 Å². The van der Waals surface area contributed by atoms with E-state index in [9.17, 15) is 9.59 Å². The fourth-order valence-electron chi connectivity index (χ4n) is 2.72. The maximum absolute atomic E-state index is 12.3. The number of aldehydes is 1. The largest absolute Gasteiger partial charge is 0.483 e. The molecular weight excluding hydrogens is 314 g/mol. The molecule has 0 atom stereocenters. The van der Waals surface area contributed by atoms with Gasteiger partial charge in [-0.3, -0.25) is 9.59 Å². The van der Waals surface area contributed by atoms with E-state index in [0.29, 0.717) is 17.9 Å². The molecular formula is C21H19NO3. The number of benzene rings is 3. The van der Waals surface area contributed by atoms with Gasteiger partial charge in [0.2, 0.25) is 0 Å². The fraction of sp³-hybridized carbons (Fsp3) is 0.143. The lowest BCUT2D eigenvalue weighted by Gasteiger charge is -2.18. The van der Waals surface area contributed by atoms with Gasteiger partial charge in [0.15, 0.2) is 12.9 Å². The van der Waals surface area contributed by atoms with Crippen LogP contribution in [-0.2, 0) is 11.3 Å². The molecule has 0 bridgehead atoms. The second kappa shape index (κ2) is 7.62. The lowest BCUT2D eigenvalue weighted by Crippen LogP contribution is -2.31. The van der Waals surface area contributed by atoms with E-state index >= 15 is 0 Å². The minimum Gasteiger partial charge on any atom is -0.483 e. The number of nitrogens with zero attached hydrogens (tertiary/aromatic N) is 1. The van der Waals surface area contributed by atoms with Crippen molar-refractivity contribution in [2.24, 2.45) is 0 Å². The maximum Gasteiger partial charge on any atom is 0.260 e. The zero-order valence-electron chi connectivity index (χ0n) is 14.0. The van der Waals surface area contributed by atoms with Gasteiger partial charge in [0.1, 0.15) is 5.75 Å². The smallest absolute Gasteiger partial charge is 0.260 e. The monoisotopic (exact) mass is 333 g/mol. The molecule has 4 heteroatoms. The predicted molar refractivity (Wildman–Crippen MR) is 97.7 cm³/mol. The molecule has 0 aliphatic heterocycles. The lowest BCUT2D eigenvalue weighted by atomic mass is 10.0. The topological polar surface area (TPSA) is 46.6 Å². The minimum atomic E-state index is -0.145. The Morgan fingerprint density at radius 3 is 2.48 bits per heavy atom. The third-order valence-corrected chi connectivity index (χ3v) is 4.09. The van der Waals surface area contributed by atoms with Crippen molar-refractivity contribution in [1.29, 1.82) is 0 Å². The molecule has 3 aromatic rings. The predicted octanol–water partition coefficient (Wildman–Crippen LogP) is 3.69. The molecule has 0 saturated carbocycles. The van der Waals surface area contributed by atoms with Crippen molar-refractivity contribution in [2.45, 2.75) is 6.54 Å². The molecule has 0 radical (unpaired) electrons. The number of amides is 1. The van der Waals surface area contributed by atoms with E-state index < -0.39 is 0 Å². The quantitative estimate of drug-likeness (QED) is 0.646. The van der Waals surface area contributed by atoms with E-state index in [4.69, 9.17) is 4.74 Å². The number of fused-ring (bicyclic) bond motifs is 1. The number of carbonyl (C=O) groups is 2. The Labute approximate surface area is 146 Å². The minimum absolute atomic E-state index is 0.109. The highest BCUT2D eigenvalue weighted by atomic mass is 16.5. The van der Waals surface area contributed by atoms with Crippen LogP contribution in [0.5, 0.6) is 5.75 Å². The maximum atomic E-state index is 12.3. The van der Waals surface area contributed by atoms with Gasteiger partial charge in [0.05, 0.1) is 5.56 Å². The number of rotatable bonds is 6. The van der Waals surface area contributed by atoms with E-state index in [1.807, 2.05) is 60.7 Å². The van der Waals surface area contributed by atoms with Gasteiger partial charge < -0.3 is 9.64 Å². The SMILES string of the molecule is CN(Cc1ccccc1)C(=O)COc1ccc2ccccc2c1C=O. The number of ether oxygens (including phenoxy) is 1. The highest BCUT2D eigenvalue weighted by molar-refractivity contribution is 6.00. The summed E-state index contributed by atoms with van der Waals surface area (Å²) in [6, 6.07) is 21.0.